The summed E-state index contributed by atoms with van der Waals surface area (Å²) in [6.07, 6.45) is 0. The summed E-state index contributed by atoms with van der Waals surface area (Å²) in [6, 6.07) is 14.0. The van der Waals surface area contributed by atoms with E-state index in [2.05, 4.69) is 9.80 Å². The van der Waals surface area contributed by atoms with Crippen LogP contribution in [-0.4, -0.2) is 127 Å². The van der Waals surface area contributed by atoms with Crippen LogP contribution in [0.3, 0.4) is 0 Å². The second-order valence-corrected chi connectivity index (χ2v) is 13.0. The van der Waals surface area contributed by atoms with Gasteiger partial charge >= 0.3 is 0 Å². The Hall–Kier alpha value is -5.68. The zero-order chi connectivity index (χ0) is 42.2. The molecule has 0 atom stereocenters. The minimum absolute atomic E-state index is 0.0820. The van der Waals surface area contributed by atoms with E-state index >= 15 is 0 Å². The number of aromatic hydroxyl groups is 4. The van der Waals surface area contributed by atoms with E-state index in [0.29, 0.717) is 112 Å². The lowest BCUT2D eigenvalue weighted by atomic mass is 10.1. The van der Waals surface area contributed by atoms with Crippen molar-refractivity contribution < 1.29 is 67.8 Å². The summed E-state index contributed by atoms with van der Waals surface area (Å²) in [6.45, 7) is 4.28. The number of nitrogens with zero attached hydrogens (tertiary/aromatic N) is 2. The van der Waals surface area contributed by atoms with Gasteiger partial charge in [0, 0.05) is 39.3 Å². The highest BCUT2D eigenvalue weighted by Gasteiger charge is 2.19. The molecule has 0 spiro atoms. The standard InChI is InChI=1S/C42H56N2O14/c1-49-31-15-27(16-32(50-2)39(31)45)23-43(24-28-17-33(51-3)40(46)34(18-28)52-4)9-11-57-13-14-58-12-10-44(25-29-19-35(53-5)41(47)36(20-29)54-6)26-30-21-37(55-7)42(48)38(22-30)56-8/h15-22,45-48H,9-14,23-26H2,1-8H3. The van der Waals surface area contributed by atoms with Gasteiger partial charge in [0.25, 0.3) is 0 Å². The minimum atomic E-state index is -0.0820. The Bertz CT molecular complexity index is 1560. The number of phenolic OH excluding ortho intramolecular Hbond substituents is 4. The molecule has 4 rings (SSSR count). The molecular weight excluding hydrogens is 756 g/mol. The van der Waals surface area contributed by atoms with Crippen molar-refractivity contribution in [2.75, 3.05) is 96.4 Å². The fourth-order valence-electron chi connectivity index (χ4n) is 6.33. The summed E-state index contributed by atoms with van der Waals surface area (Å²) in [4.78, 5) is 4.27. The molecule has 4 aromatic carbocycles. The third-order valence-electron chi connectivity index (χ3n) is 9.26. The van der Waals surface area contributed by atoms with Crippen molar-refractivity contribution in [3.63, 3.8) is 0 Å². The summed E-state index contributed by atoms with van der Waals surface area (Å²) in [7, 11) is 11.8. The van der Waals surface area contributed by atoms with E-state index in [4.69, 9.17) is 47.4 Å². The van der Waals surface area contributed by atoms with Crippen molar-refractivity contribution in [2.24, 2.45) is 0 Å². The number of benzene rings is 4. The molecule has 16 nitrogen and oxygen atoms in total. The zero-order valence-corrected chi connectivity index (χ0v) is 34.5. The lowest BCUT2D eigenvalue weighted by Gasteiger charge is -2.24. The first-order valence-corrected chi connectivity index (χ1v) is 18.4. The molecule has 0 aromatic heterocycles. The van der Waals surface area contributed by atoms with Crippen LogP contribution in [0.2, 0.25) is 0 Å². The third kappa shape index (κ3) is 11.9. The molecular formula is C42H56N2O14. The molecule has 4 N–H and O–H groups in total. The van der Waals surface area contributed by atoms with Crippen molar-refractivity contribution in [1.82, 2.24) is 9.80 Å². The first-order chi connectivity index (χ1) is 28.0. The zero-order valence-electron chi connectivity index (χ0n) is 34.5. The minimum Gasteiger partial charge on any atom is -0.502 e. The maximum atomic E-state index is 10.5. The molecule has 0 amide bonds. The van der Waals surface area contributed by atoms with E-state index in [-0.39, 0.29) is 23.0 Å². The van der Waals surface area contributed by atoms with Crippen LogP contribution in [0.1, 0.15) is 22.3 Å². The maximum Gasteiger partial charge on any atom is 0.200 e. The largest absolute Gasteiger partial charge is 0.502 e. The molecule has 318 valence electrons. The Morgan fingerprint density at radius 2 is 0.517 bits per heavy atom. The molecule has 16 heteroatoms. The molecule has 4 aromatic rings. The van der Waals surface area contributed by atoms with Gasteiger partial charge in [0.1, 0.15) is 0 Å². The summed E-state index contributed by atoms with van der Waals surface area (Å²) in [5, 5.41) is 41.8. The molecule has 0 radical (unpaired) electrons. The van der Waals surface area contributed by atoms with Gasteiger partial charge in [-0.15, -0.1) is 0 Å². The number of hydrogen-bond donors (Lipinski definition) is 4. The first kappa shape index (κ1) is 45.0. The average Bonchev–Trinajstić information content (AvgIpc) is 3.23. The summed E-state index contributed by atoms with van der Waals surface area (Å²) < 4.78 is 55.1. The number of hydrogen-bond acceptors (Lipinski definition) is 16. The second-order valence-electron chi connectivity index (χ2n) is 13.0. The number of phenols is 4. The van der Waals surface area contributed by atoms with Gasteiger partial charge in [0.05, 0.1) is 83.3 Å². The van der Waals surface area contributed by atoms with Gasteiger partial charge in [0.15, 0.2) is 46.0 Å². The predicted molar refractivity (Wildman–Crippen MR) is 215 cm³/mol. The Kier molecular flexibility index (Phi) is 17.3. The smallest absolute Gasteiger partial charge is 0.200 e. The molecule has 58 heavy (non-hydrogen) atoms. The van der Waals surface area contributed by atoms with Crippen molar-refractivity contribution in [3.05, 3.63) is 70.8 Å². The number of rotatable bonds is 25. The van der Waals surface area contributed by atoms with Gasteiger partial charge in [-0.1, -0.05) is 0 Å². The normalized spacial score (nSPS) is 11.1. The SMILES string of the molecule is COc1cc(CN(CCOCCOCCN(Cc2cc(OC)c(O)c(OC)c2)Cc2cc(OC)c(O)c(OC)c2)Cc2cc(OC)c(O)c(OC)c2)cc(OC)c1O. The van der Waals surface area contributed by atoms with Gasteiger partial charge in [-0.05, 0) is 70.8 Å². The second kappa shape index (κ2) is 22.3. The van der Waals surface area contributed by atoms with Gasteiger partial charge < -0.3 is 67.8 Å². The molecule has 0 saturated carbocycles. The van der Waals surface area contributed by atoms with Crippen molar-refractivity contribution in [1.29, 1.82) is 0 Å². The lowest BCUT2D eigenvalue weighted by molar-refractivity contribution is 0.0283. The highest BCUT2D eigenvalue weighted by Crippen LogP contribution is 2.41. The molecule has 0 unspecified atom stereocenters. The lowest BCUT2D eigenvalue weighted by Crippen LogP contribution is -2.28. The van der Waals surface area contributed by atoms with Crippen molar-refractivity contribution >= 4 is 0 Å². The number of methoxy groups -OCH3 is 8. The van der Waals surface area contributed by atoms with E-state index < -0.39 is 0 Å². The Morgan fingerprint density at radius 3 is 0.690 bits per heavy atom. The third-order valence-corrected chi connectivity index (χ3v) is 9.26. The summed E-state index contributed by atoms with van der Waals surface area (Å²) in [5.74, 6) is 2.00. The highest BCUT2D eigenvalue weighted by atomic mass is 16.5. The van der Waals surface area contributed by atoms with Gasteiger partial charge in [-0.3, -0.25) is 9.80 Å². The molecule has 0 saturated heterocycles. The fraction of sp³-hybridized carbons (Fsp3) is 0.429. The monoisotopic (exact) mass is 812 g/mol. The highest BCUT2D eigenvalue weighted by molar-refractivity contribution is 5.55. The van der Waals surface area contributed by atoms with Crippen LogP contribution < -0.4 is 37.9 Å². The fourth-order valence-corrected chi connectivity index (χ4v) is 6.33. The summed E-state index contributed by atoms with van der Waals surface area (Å²) in [5.41, 5.74) is 3.35. The van der Waals surface area contributed by atoms with Crippen LogP contribution in [-0.2, 0) is 35.7 Å². The predicted octanol–water partition coefficient (Wildman–Crippen LogP) is 5.32. The molecule has 0 aliphatic carbocycles. The molecule has 0 aliphatic rings. The Morgan fingerprint density at radius 1 is 0.328 bits per heavy atom. The Balaban J connectivity index is 1.40. The van der Waals surface area contributed by atoms with E-state index in [0.717, 1.165) is 22.3 Å². The van der Waals surface area contributed by atoms with Crippen LogP contribution in [0, 0.1) is 0 Å². The van der Waals surface area contributed by atoms with Crippen LogP contribution >= 0.6 is 0 Å². The van der Waals surface area contributed by atoms with Gasteiger partial charge in [-0.25, -0.2) is 0 Å². The van der Waals surface area contributed by atoms with Crippen LogP contribution in [0.5, 0.6) is 69.0 Å². The van der Waals surface area contributed by atoms with E-state index in [1.54, 1.807) is 48.5 Å². The number of ether oxygens (including phenoxy) is 10. The summed E-state index contributed by atoms with van der Waals surface area (Å²) >= 11 is 0. The molecule has 0 fully saturated rings. The van der Waals surface area contributed by atoms with Gasteiger partial charge in [-0.2, -0.15) is 0 Å². The molecule has 0 aliphatic heterocycles. The molecule has 0 heterocycles. The van der Waals surface area contributed by atoms with Crippen molar-refractivity contribution in [2.45, 2.75) is 26.2 Å². The first-order valence-electron chi connectivity index (χ1n) is 18.4. The average molecular weight is 813 g/mol. The van der Waals surface area contributed by atoms with E-state index in [1.807, 2.05) is 0 Å². The molecule has 0 bridgehead atoms. The van der Waals surface area contributed by atoms with Crippen molar-refractivity contribution in [3.8, 4) is 69.0 Å². The van der Waals surface area contributed by atoms with E-state index in [9.17, 15) is 20.4 Å². The Labute approximate surface area is 339 Å². The topological polar surface area (TPSA) is 180 Å². The van der Waals surface area contributed by atoms with Crippen LogP contribution in [0.25, 0.3) is 0 Å². The van der Waals surface area contributed by atoms with Gasteiger partial charge in [0.2, 0.25) is 23.0 Å². The quantitative estimate of drug-likeness (QED) is 0.0632. The van der Waals surface area contributed by atoms with Crippen LogP contribution in [0.4, 0.5) is 0 Å². The van der Waals surface area contributed by atoms with Crippen LogP contribution in [0.15, 0.2) is 48.5 Å². The maximum absolute atomic E-state index is 10.5. The van der Waals surface area contributed by atoms with E-state index in [1.165, 1.54) is 56.9 Å².